The average Bonchev–Trinajstić information content (AvgIpc) is 2.91. The third-order valence-corrected chi connectivity index (χ3v) is 7.35. The van der Waals surface area contributed by atoms with Crippen LogP contribution >= 0.6 is 0 Å². The van der Waals surface area contributed by atoms with Crippen molar-refractivity contribution in [1.82, 2.24) is 4.31 Å². The fourth-order valence-electron chi connectivity index (χ4n) is 3.83. The smallest absolute Gasteiger partial charge is 0.343 e. The second kappa shape index (κ2) is 10.1. The molecule has 8 nitrogen and oxygen atoms in total. The van der Waals surface area contributed by atoms with E-state index in [1.807, 2.05) is 0 Å². The molecule has 9 heteroatoms. The Kier molecular flexibility index (Phi) is 6.93. The Morgan fingerprint density at radius 2 is 1.56 bits per heavy atom. The lowest BCUT2D eigenvalue weighted by molar-refractivity contribution is 0.0685. The van der Waals surface area contributed by atoms with E-state index in [4.69, 9.17) is 14.2 Å². The minimum Gasteiger partial charge on any atom is -0.493 e. The van der Waals surface area contributed by atoms with Crippen LogP contribution in [0.2, 0.25) is 0 Å². The van der Waals surface area contributed by atoms with Crippen LogP contribution in [0.1, 0.15) is 26.3 Å². The average molecular weight is 506 g/mol. The predicted octanol–water partition coefficient (Wildman–Crippen LogP) is 4.30. The van der Waals surface area contributed by atoms with Crippen LogP contribution in [0.5, 0.6) is 11.5 Å². The molecular formula is C27H23NO7S. The summed E-state index contributed by atoms with van der Waals surface area (Å²) in [5.41, 5.74) is 0.170. The first-order valence-electron chi connectivity index (χ1n) is 10.8. The van der Waals surface area contributed by atoms with E-state index in [1.165, 1.54) is 44.6 Å². The molecule has 4 rings (SSSR count). The van der Waals surface area contributed by atoms with Gasteiger partial charge >= 0.3 is 5.97 Å². The van der Waals surface area contributed by atoms with Gasteiger partial charge < -0.3 is 14.2 Å². The van der Waals surface area contributed by atoms with Gasteiger partial charge in [0.05, 0.1) is 31.2 Å². The van der Waals surface area contributed by atoms with Gasteiger partial charge in [0.2, 0.25) is 5.78 Å². The molecule has 1 heterocycles. The number of benzene rings is 3. The van der Waals surface area contributed by atoms with Crippen LogP contribution in [-0.4, -0.2) is 45.2 Å². The molecule has 0 bridgehead atoms. The molecule has 1 aliphatic heterocycles. The van der Waals surface area contributed by atoms with Gasteiger partial charge in [-0.05, 0) is 30.3 Å². The number of Topliss-reactive ketones (excluding diaryl/α,β-unsaturated/α-hetero) is 1. The van der Waals surface area contributed by atoms with Crippen molar-refractivity contribution < 1.29 is 32.2 Å². The number of carbonyl (C=O) groups excluding carboxylic acids is 2. The van der Waals surface area contributed by atoms with Gasteiger partial charge in [0.1, 0.15) is 5.70 Å². The topological polar surface area (TPSA) is 99.2 Å². The summed E-state index contributed by atoms with van der Waals surface area (Å²) in [6, 6.07) is 18.7. The van der Waals surface area contributed by atoms with Crippen LogP contribution in [-0.2, 0) is 14.8 Å². The molecule has 0 spiro atoms. The maximum Gasteiger partial charge on any atom is 0.343 e. The fraction of sp³-hybridized carbons (Fsp3) is 0.111. The number of fused-ring (bicyclic) bond motifs is 1. The normalized spacial score (nSPS) is 14.0. The van der Waals surface area contributed by atoms with Crippen molar-refractivity contribution in [2.75, 3.05) is 20.8 Å². The number of ketones is 1. The van der Waals surface area contributed by atoms with E-state index in [9.17, 15) is 18.0 Å². The van der Waals surface area contributed by atoms with E-state index in [0.29, 0.717) is 11.5 Å². The van der Waals surface area contributed by atoms with E-state index >= 15 is 0 Å². The van der Waals surface area contributed by atoms with Gasteiger partial charge in [-0.25, -0.2) is 13.2 Å². The molecule has 36 heavy (non-hydrogen) atoms. The number of hydrogen-bond acceptors (Lipinski definition) is 7. The number of nitrogens with zero attached hydrogens (tertiary/aromatic N) is 1. The Balaban J connectivity index is 1.93. The SMILES string of the molecule is C=CCN1C(C(=O)c2ccccc2)=C(OC(=O)c2ccc(OC)c(OC)c2)c2ccccc2S1(=O)=O. The molecular weight excluding hydrogens is 482 g/mol. The number of ether oxygens (including phenoxy) is 3. The van der Waals surface area contributed by atoms with Gasteiger partial charge in [0, 0.05) is 11.1 Å². The molecule has 0 saturated heterocycles. The van der Waals surface area contributed by atoms with Gasteiger partial charge in [0.25, 0.3) is 10.0 Å². The minimum atomic E-state index is -4.14. The first-order valence-corrected chi connectivity index (χ1v) is 12.3. The van der Waals surface area contributed by atoms with E-state index in [2.05, 4.69) is 6.58 Å². The molecule has 0 aliphatic carbocycles. The van der Waals surface area contributed by atoms with E-state index in [-0.39, 0.29) is 39.6 Å². The van der Waals surface area contributed by atoms with Crippen LogP contribution in [0.4, 0.5) is 0 Å². The quantitative estimate of drug-likeness (QED) is 0.256. The lowest BCUT2D eigenvalue weighted by Gasteiger charge is -2.32. The maximum absolute atomic E-state index is 13.7. The van der Waals surface area contributed by atoms with Crippen molar-refractivity contribution in [3.63, 3.8) is 0 Å². The van der Waals surface area contributed by atoms with Gasteiger partial charge in [-0.2, -0.15) is 0 Å². The van der Waals surface area contributed by atoms with Crippen molar-refractivity contribution in [2.24, 2.45) is 0 Å². The number of esters is 1. The highest BCUT2D eigenvalue weighted by atomic mass is 32.2. The van der Waals surface area contributed by atoms with Crippen LogP contribution < -0.4 is 9.47 Å². The number of hydrogen-bond donors (Lipinski definition) is 0. The molecule has 0 fully saturated rings. The van der Waals surface area contributed by atoms with Crippen molar-refractivity contribution in [3.05, 3.63) is 108 Å². The number of allylic oxidation sites excluding steroid dienone is 1. The molecule has 184 valence electrons. The molecule has 1 aliphatic rings. The highest BCUT2D eigenvalue weighted by Crippen LogP contribution is 2.39. The molecule has 0 aromatic heterocycles. The second-order valence-electron chi connectivity index (χ2n) is 7.65. The summed E-state index contributed by atoms with van der Waals surface area (Å²) in [5.74, 6) is -0.876. The first-order chi connectivity index (χ1) is 17.3. The van der Waals surface area contributed by atoms with Gasteiger partial charge in [0.15, 0.2) is 17.3 Å². The monoisotopic (exact) mass is 505 g/mol. The van der Waals surface area contributed by atoms with Crippen molar-refractivity contribution >= 4 is 27.5 Å². The van der Waals surface area contributed by atoms with Gasteiger partial charge in [-0.15, -0.1) is 6.58 Å². The maximum atomic E-state index is 13.7. The van der Waals surface area contributed by atoms with E-state index in [1.54, 1.807) is 48.5 Å². The molecule has 3 aromatic carbocycles. The summed E-state index contributed by atoms with van der Waals surface area (Å²) in [6.07, 6.45) is 1.36. The third kappa shape index (κ3) is 4.36. The number of sulfonamides is 1. The largest absolute Gasteiger partial charge is 0.493 e. The zero-order valence-corrected chi connectivity index (χ0v) is 20.4. The van der Waals surface area contributed by atoms with E-state index < -0.39 is 21.8 Å². The lowest BCUT2D eigenvalue weighted by atomic mass is 10.0. The van der Waals surface area contributed by atoms with Crippen LogP contribution in [0.15, 0.2) is 96.0 Å². The Morgan fingerprint density at radius 1 is 0.889 bits per heavy atom. The summed E-state index contributed by atoms with van der Waals surface area (Å²) in [4.78, 5) is 26.8. The fourth-order valence-corrected chi connectivity index (χ4v) is 5.46. The number of rotatable bonds is 8. The van der Waals surface area contributed by atoms with Crippen molar-refractivity contribution in [2.45, 2.75) is 4.90 Å². The van der Waals surface area contributed by atoms with Gasteiger partial charge in [-0.1, -0.05) is 48.5 Å². The Morgan fingerprint density at radius 3 is 2.22 bits per heavy atom. The predicted molar refractivity (Wildman–Crippen MR) is 133 cm³/mol. The van der Waals surface area contributed by atoms with Crippen molar-refractivity contribution in [3.8, 4) is 11.5 Å². The summed E-state index contributed by atoms with van der Waals surface area (Å²) >= 11 is 0. The van der Waals surface area contributed by atoms with Crippen LogP contribution in [0, 0.1) is 0 Å². The molecule has 0 amide bonds. The third-order valence-electron chi connectivity index (χ3n) is 5.52. The molecule has 0 radical (unpaired) electrons. The molecule has 0 N–H and O–H groups in total. The summed E-state index contributed by atoms with van der Waals surface area (Å²) in [6.45, 7) is 3.43. The first kappa shape index (κ1) is 24.7. The molecule has 0 saturated carbocycles. The summed E-state index contributed by atoms with van der Waals surface area (Å²) in [7, 11) is -1.24. The second-order valence-corrected chi connectivity index (χ2v) is 9.48. The minimum absolute atomic E-state index is 0.0911. The molecule has 0 atom stereocenters. The Hall–Kier alpha value is -4.37. The highest BCUT2D eigenvalue weighted by Gasteiger charge is 2.41. The van der Waals surface area contributed by atoms with Crippen LogP contribution in [0.25, 0.3) is 5.76 Å². The van der Waals surface area contributed by atoms with E-state index in [0.717, 1.165) is 4.31 Å². The van der Waals surface area contributed by atoms with Gasteiger partial charge in [-0.3, -0.25) is 9.10 Å². The number of methoxy groups -OCH3 is 2. The number of carbonyl (C=O) groups is 2. The zero-order valence-electron chi connectivity index (χ0n) is 19.6. The highest BCUT2D eigenvalue weighted by molar-refractivity contribution is 7.89. The summed E-state index contributed by atoms with van der Waals surface area (Å²) < 4.78 is 44.2. The lowest BCUT2D eigenvalue weighted by Crippen LogP contribution is -2.38. The van der Waals surface area contributed by atoms with Crippen molar-refractivity contribution in [1.29, 1.82) is 0 Å². The van der Waals surface area contributed by atoms with Crippen LogP contribution in [0.3, 0.4) is 0 Å². The zero-order chi connectivity index (χ0) is 25.9. The molecule has 0 unspecified atom stereocenters. The summed E-state index contributed by atoms with van der Waals surface area (Å²) in [5, 5.41) is 0. The molecule has 3 aromatic rings. The Labute approximate surface area is 209 Å². The Bertz CT molecular complexity index is 1480. The standard InChI is InChI=1S/C27H23NO7S/c1-4-16-28-24(25(29)18-10-6-5-7-11-18)26(20-12-8-9-13-23(20)36(28,31)32)35-27(30)19-14-15-21(33-2)22(17-19)34-3/h4-15,17H,1,16H2,2-3H3.